The fourth-order valence-corrected chi connectivity index (χ4v) is 2.33. The van der Waals surface area contributed by atoms with Crippen molar-refractivity contribution in [3.63, 3.8) is 0 Å². The Kier molecular flexibility index (Phi) is 6.02. The summed E-state index contributed by atoms with van der Waals surface area (Å²) in [6, 6.07) is 11.9. The summed E-state index contributed by atoms with van der Waals surface area (Å²) in [5.74, 6) is 0.403. The Morgan fingerprint density at radius 2 is 1.87 bits per heavy atom. The van der Waals surface area contributed by atoms with Gasteiger partial charge >= 0.3 is 0 Å². The molecule has 120 valence electrons. The zero-order valence-corrected chi connectivity index (χ0v) is 14.3. The first-order valence-corrected chi connectivity index (χ1v) is 7.79. The smallest absolute Gasteiger partial charge is 0.271 e. The molecule has 0 saturated heterocycles. The van der Waals surface area contributed by atoms with E-state index in [4.69, 9.17) is 27.9 Å². The number of hydrogen-bond donors (Lipinski definition) is 1. The molecule has 23 heavy (non-hydrogen) atoms. The molecule has 0 radical (unpaired) electrons. The van der Waals surface area contributed by atoms with Gasteiger partial charge in [-0.05, 0) is 56.3 Å². The van der Waals surface area contributed by atoms with Crippen LogP contribution >= 0.6 is 23.2 Å². The largest absolute Gasteiger partial charge is 0.494 e. The van der Waals surface area contributed by atoms with E-state index in [0.717, 1.165) is 5.75 Å². The average molecular weight is 351 g/mol. The van der Waals surface area contributed by atoms with Crippen LogP contribution in [-0.2, 0) is 0 Å². The monoisotopic (exact) mass is 350 g/mol. The summed E-state index contributed by atoms with van der Waals surface area (Å²) in [7, 11) is 0. The summed E-state index contributed by atoms with van der Waals surface area (Å²) in [5.41, 5.74) is 4.23. The second-order valence-corrected chi connectivity index (χ2v) is 5.56. The first-order chi connectivity index (χ1) is 11.0. The topological polar surface area (TPSA) is 50.7 Å². The van der Waals surface area contributed by atoms with Crippen molar-refractivity contribution in [3.8, 4) is 5.75 Å². The van der Waals surface area contributed by atoms with Crippen LogP contribution in [0.3, 0.4) is 0 Å². The minimum Gasteiger partial charge on any atom is -0.494 e. The highest BCUT2D eigenvalue weighted by molar-refractivity contribution is 6.36. The zero-order chi connectivity index (χ0) is 16.8. The van der Waals surface area contributed by atoms with Gasteiger partial charge in [0, 0.05) is 21.2 Å². The molecule has 0 saturated carbocycles. The number of hydrazone groups is 1. The standard InChI is InChI=1S/C17H16Cl2N2O2/c1-3-23-14-7-4-12(5-8-14)17(22)21-20-11(2)15-10-13(18)6-9-16(15)19/h4-10H,3H2,1-2H3,(H,21,22)/b20-11-. The van der Waals surface area contributed by atoms with Gasteiger partial charge in [-0.2, -0.15) is 5.10 Å². The van der Waals surface area contributed by atoms with Crippen molar-refractivity contribution in [2.24, 2.45) is 5.10 Å². The lowest BCUT2D eigenvalue weighted by Gasteiger charge is -2.06. The van der Waals surface area contributed by atoms with Gasteiger partial charge in [-0.1, -0.05) is 23.2 Å². The van der Waals surface area contributed by atoms with Gasteiger partial charge in [0.15, 0.2) is 0 Å². The van der Waals surface area contributed by atoms with Crippen LogP contribution in [0, 0.1) is 0 Å². The van der Waals surface area contributed by atoms with Crippen molar-refractivity contribution in [2.45, 2.75) is 13.8 Å². The molecule has 0 fully saturated rings. The summed E-state index contributed by atoms with van der Waals surface area (Å²) in [4.78, 5) is 12.1. The normalized spacial score (nSPS) is 11.2. The van der Waals surface area contributed by atoms with E-state index in [2.05, 4.69) is 10.5 Å². The number of nitrogens with one attached hydrogen (secondary N) is 1. The molecule has 2 aromatic carbocycles. The molecule has 2 aromatic rings. The fraction of sp³-hybridized carbons (Fsp3) is 0.176. The summed E-state index contributed by atoms with van der Waals surface area (Å²) < 4.78 is 5.33. The number of carbonyl (C=O) groups is 1. The highest BCUT2D eigenvalue weighted by Crippen LogP contribution is 2.21. The molecule has 0 aliphatic rings. The second-order valence-electron chi connectivity index (χ2n) is 4.72. The fourth-order valence-electron chi connectivity index (χ4n) is 1.90. The number of nitrogens with zero attached hydrogens (tertiary/aromatic N) is 1. The lowest BCUT2D eigenvalue weighted by atomic mass is 10.1. The molecule has 0 unspecified atom stereocenters. The number of rotatable bonds is 5. The van der Waals surface area contributed by atoms with Crippen molar-refractivity contribution < 1.29 is 9.53 Å². The van der Waals surface area contributed by atoms with Crippen molar-refractivity contribution in [3.05, 3.63) is 63.6 Å². The Balaban J connectivity index is 2.09. The van der Waals surface area contributed by atoms with Gasteiger partial charge in [0.1, 0.15) is 5.75 Å². The first kappa shape index (κ1) is 17.3. The lowest BCUT2D eigenvalue weighted by molar-refractivity contribution is 0.0955. The molecule has 0 bridgehead atoms. The summed E-state index contributed by atoms with van der Waals surface area (Å²) in [6.07, 6.45) is 0. The lowest BCUT2D eigenvalue weighted by Crippen LogP contribution is -2.19. The number of halogens is 2. The van der Waals surface area contributed by atoms with E-state index in [-0.39, 0.29) is 5.91 Å². The van der Waals surface area contributed by atoms with Crippen LogP contribution < -0.4 is 10.2 Å². The third-order valence-electron chi connectivity index (χ3n) is 3.07. The van der Waals surface area contributed by atoms with Crippen molar-refractivity contribution in [2.75, 3.05) is 6.61 Å². The molecule has 0 aliphatic carbocycles. The van der Waals surface area contributed by atoms with E-state index < -0.39 is 0 Å². The Morgan fingerprint density at radius 3 is 2.52 bits per heavy atom. The van der Waals surface area contributed by atoms with Gasteiger partial charge in [0.2, 0.25) is 0 Å². The molecular weight excluding hydrogens is 335 g/mol. The van der Waals surface area contributed by atoms with Gasteiger partial charge in [0.25, 0.3) is 5.91 Å². The van der Waals surface area contributed by atoms with Crippen LogP contribution in [0.4, 0.5) is 0 Å². The van der Waals surface area contributed by atoms with Crippen LogP contribution in [0.1, 0.15) is 29.8 Å². The molecule has 0 aliphatic heterocycles. The molecule has 0 aromatic heterocycles. The van der Waals surface area contributed by atoms with E-state index in [0.29, 0.717) is 33.5 Å². The van der Waals surface area contributed by atoms with Gasteiger partial charge < -0.3 is 4.74 Å². The van der Waals surface area contributed by atoms with E-state index in [1.54, 1.807) is 49.4 Å². The highest BCUT2D eigenvalue weighted by atomic mass is 35.5. The maximum atomic E-state index is 12.1. The van der Waals surface area contributed by atoms with Gasteiger partial charge in [-0.3, -0.25) is 4.79 Å². The molecule has 1 amide bonds. The van der Waals surface area contributed by atoms with Crippen LogP contribution in [0.5, 0.6) is 5.75 Å². The minimum atomic E-state index is -0.314. The highest BCUT2D eigenvalue weighted by Gasteiger charge is 2.08. The van der Waals surface area contributed by atoms with Crippen molar-refractivity contribution in [1.82, 2.24) is 5.43 Å². The molecule has 0 heterocycles. The Morgan fingerprint density at radius 1 is 1.17 bits per heavy atom. The van der Waals surface area contributed by atoms with Gasteiger partial charge in [0.05, 0.1) is 12.3 Å². The second kappa shape index (κ2) is 7.99. The quantitative estimate of drug-likeness (QED) is 0.635. The number of benzene rings is 2. The zero-order valence-electron chi connectivity index (χ0n) is 12.8. The summed E-state index contributed by atoms with van der Waals surface area (Å²) >= 11 is 12.1. The van der Waals surface area contributed by atoms with Crippen LogP contribution in [0.25, 0.3) is 0 Å². The average Bonchev–Trinajstić information content (AvgIpc) is 2.55. The SMILES string of the molecule is CCOc1ccc(C(=O)N/N=C(/C)c2cc(Cl)ccc2Cl)cc1. The Hall–Kier alpha value is -2.04. The molecule has 0 atom stereocenters. The van der Waals surface area contributed by atoms with Crippen LogP contribution in [0.2, 0.25) is 10.0 Å². The molecule has 4 nitrogen and oxygen atoms in total. The Bertz CT molecular complexity index is 728. The summed E-state index contributed by atoms with van der Waals surface area (Å²) in [5, 5.41) is 5.15. The van der Waals surface area contributed by atoms with E-state index in [9.17, 15) is 4.79 Å². The number of carbonyl (C=O) groups excluding carboxylic acids is 1. The van der Waals surface area contributed by atoms with Crippen molar-refractivity contribution >= 4 is 34.8 Å². The molecular formula is C17H16Cl2N2O2. The van der Waals surface area contributed by atoms with E-state index >= 15 is 0 Å². The summed E-state index contributed by atoms with van der Waals surface area (Å²) in [6.45, 7) is 4.23. The van der Waals surface area contributed by atoms with Gasteiger partial charge in [-0.25, -0.2) is 5.43 Å². The molecule has 1 N–H and O–H groups in total. The maximum Gasteiger partial charge on any atom is 0.271 e. The van der Waals surface area contributed by atoms with E-state index in [1.165, 1.54) is 0 Å². The van der Waals surface area contributed by atoms with Crippen molar-refractivity contribution in [1.29, 1.82) is 0 Å². The first-order valence-electron chi connectivity index (χ1n) is 7.04. The predicted molar refractivity (Wildman–Crippen MR) is 93.8 cm³/mol. The third kappa shape index (κ3) is 4.71. The minimum absolute atomic E-state index is 0.314. The predicted octanol–water partition coefficient (Wildman–Crippen LogP) is 4.55. The molecule has 6 heteroatoms. The maximum absolute atomic E-state index is 12.1. The number of amides is 1. The van der Waals surface area contributed by atoms with E-state index in [1.807, 2.05) is 6.92 Å². The van der Waals surface area contributed by atoms with Crippen LogP contribution in [-0.4, -0.2) is 18.2 Å². The molecule has 0 spiro atoms. The van der Waals surface area contributed by atoms with Gasteiger partial charge in [-0.15, -0.1) is 0 Å². The third-order valence-corrected chi connectivity index (χ3v) is 3.64. The Labute approximate surface area is 145 Å². The molecule has 2 rings (SSSR count). The number of ether oxygens (including phenoxy) is 1. The number of hydrogen-bond acceptors (Lipinski definition) is 3. The van der Waals surface area contributed by atoms with Crippen LogP contribution in [0.15, 0.2) is 47.6 Å².